The number of carbonyl (C=O) groups excluding carboxylic acids is 1. The summed E-state index contributed by atoms with van der Waals surface area (Å²) in [6.07, 6.45) is 0.554. The number of carboxylic acids is 1. The van der Waals surface area contributed by atoms with Crippen LogP contribution in [0.5, 0.6) is 5.75 Å². The number of carboxylic acid groups (broad SMARTS) is 1. The highest BCUT2D eigenvalue weighted by Gasteiger charge is 2.19. The number of aliphatic carboxylic acids is 1. The van der Waals surface area contributed by atoms with Crippen LogP contribution in [-0.4, -0.2) is 36.4 Å². The fourth-order valence-electron chi connectivity index (χ4n) is 1.97. The number of hydrogen-bond acceptors (Lipinski definition) is 4. The fourth-order valence-corrected chi connectivity index (χ4v) is 2.74. The van der Waals surface area contributed by atoms with Crippen LogP contribution >= 0.6 is 11.8 Å². The van der Waals surface area contributed by atoms with Crippen LogP contribution in [0.25, 0.3) is 0 Å². The first-order valence-corrected chi connectivity index (χ1v) is 8.17. The van der Waals surface area contributed by atoms with Crippen LogP contribution in [0.4, 0.5) is 0 Å². The van der Waals surface area contributed by atoms with Crippen molar-refractivity contribution in [3.8, 4) is 5.75 Å². The molecule has 122 valence electrons. The zero-order chi connectivity index (χ0) is 16.5. The van der Waals surface area contributed by atoms with Crippen molar-refractivity contribution in [2.45, 2.75) is 25.2 Å². The molecule has 1 amide bonds. The quantitative estimate of drug-likeness (QED) is 0.683. The Kier molecular flexibility index (Phi) is 7.80. The van der Waals surface area contributed by atoms with Gasteiger partial charge in [-0.1, -0.05) is 19.9 Å². The van der Waals surface area contributed by atoms with E-state index in [1.54, 1.807) is 7.11 Å². The van der Waals surface area contributed by atoms with Crippen molar-refractivity contribution in [1.82, 2.24) is 5.32 Å². The second kappa shape index (κ2) is 9.35. The van der Waals surface area contributed by atoms with Crippen LogP contribution in [0.2, 0.25) is 0 Å². The summed E-state index contributed by atoms with van der Waals surface area (Å²) in [5.41, 5.74) is 0. The maximum Gasteiger partial charge on any atom is 0.308 e. The first kappa shape index (κ1) is 18.4. The van der Waals surface area contributed by atoms with Crippen molar-refractivity contribution in [1.29, 1.82) is 0 Å². The Hall–Kier alpha value is -1.69. The molecule has 1 unspecified atom stereocenters. The van der Waals surface area contributed by atoms with Gasteiger partial charge in [0.25, 0.3) is 0 Å². The minimum absolute atomic E-state index is 0.164. The summed E-state index contributed by atoms with van der Waals surface area (Å²) in [4.78, 5) is 23.9. The normalized spacial score (nSPS) is 12.0. The molecule has 6 heteroatoms. The zero-order valence-corrected chi connectivity index (χ0v) is 14.0. The van der Waals surface area contributed by atoms with Gasteiger partial charge in [0, 0.05) is 11.4 Å². The number of benzene rings is 1. The number of ether oxygens (including phenoxy) is 1. The predicted octanol–water partition coefficient (Wildman–Crippen LogP) is 2.65. The molecule has 0 saturated heterocycles. The van der Waals surface area contributed by atoms with Gasteiger partial charge in [-0.15, -0.1) is 11.8 Å². The van der Waals surface area contributed by atoms with Crippen molar-refractivity contribution in [3.63, 3.8) is 0 Å². The Morgan fingerprint density at radius 1 is 1.36 bits per heavy atom. The van der Waals surface area contributed by atoms with E-state index in [-0.39, 0.29) is 24.1 Å². The molecule has 0 fully saturated rings. The van der Waals surface area contributed by atoms with E-state index in [2.05, 4.69) is 5.32 Å². The van der Waals surface area contributed by atoms with Gasteiger partial charge < -0.3 is 15.2 Å². The van der Waals surface area contributed by atoms with E-state index in [9.17, 15) is 9.59 Å². The van der Waals surface area contributed by atoms with Crippen LogP contribution in [0.15, 0.2) is 29.2 Å². The van der Waals surface area contributed by atoms with Crippen LogP contribution in [-0.2, 0) is 9.59 Å². The number of nitrogens with one attached hydrogen (secondary N) is 1. The van der Waals surface area contributed by atoms with E-state index < -0.39 is 11.9 Å². The molecule has 1 aromatic carbocycles. The van der Waals surface area contributed by atoms with E-state index in [4.69, 9.17) is 9.84 Å². The van der Waals surface area contributed by atoms with Gasteiger partial charge in [-0.3, -0.25) is 9.59 Å². The molecule has 0 bridgehead atoms. The van der Waals surface area contributed by atoms with Crippen molar-refractivity contribution >= 4 is 23.6 Å². The zero-order valence-electron chi connectivity index (χ0n) is 13.2. The van der Waals surface area contributed by atoms with E-state index >= 15 is 0 Å². The van der Waals surface area contributed by atoms with Gasteiger partial charge in [0.2, 0.25) is 5.91 Å². The number of carbonyl (C=O) groups is 2. The van der Waals surface area contributed by atoms with E-state index in [1.165, 1.54) is 11.8 Å². The number of rotatable bonds is 9. The van der Waals surface area contributed by atoms with Crippen LogP contribution in [0, 0.1) is 11.8 Å². The van der Waals surface area contributed by atoms with Gasteiger partial charge in [-0.05, 0) is 30.5 Å². The first-order valence-electron chi connectivity index (χ1n) is 7.18. The van der Waals surface area contributed by atoms with E-state index in [1.807, 2.05) is 38.1 Å². The highest BCUT2D eigenvalue weighted by Crippen LogP contribution is 2.22. The lowest BCUT2D eigenvalue weighted by Crippen LogP contribution is -2.34. The van der Waals surface area contributed by atoms with Crippen molar-refractivity contribution in [2.24, 2.45) is 11.8 Å². The van der Waals surface area contributed by atoms with Crippen LogP contribution < -0.4 is 10.1 Å². The van der Waals surface area contributed by atoms with Crippen molar-refractivity contribution < 1.29 is 19.4 Å². The Bertz CT molecular complexity index is 505. The van der Waals surface area contributed by atoms with Gasteiger partial charge in [-0.25, -0.2) is 0 Å². The maximum absolute atomic E-state index is 11.8. The second-order valence-corrected chi connectivity index (χ2v) is 6.49. The van der Waals surface area contributed by atoms with Crippen LogP contribution in [0.1, 0.15) is 20.3 Å². The minimum atomic E-state index is -0.866. The second-order valence-electron chi connectivity index (χ2n) is 5.44. The minimum Gasteiger partial charge on any atom is -0.497 e. The monoisotopic (exact) mass is 325 g/mol. The lowest BCUT2D eigenvalue weighted by atomic mass is 9.97. The first-order chi connectivity index (χ1) is 10.4. The lowest BCUT2D eigenvalue weighted by Gasteiger charge is -2.15. The molecule has 0 heterocycles. The molecule has 5 nitrogen and oxygen atoms in total. The highest BCUT2D eigenvalue weighted by molar-refractivity contribution is 8.00. The molecular weight excluding hydrogens is 302 g/mol. The summed E-state index contributed by atoms with van der Waals surface area (Å²) in [7, 11) is 1.59. The van der Waals surface area contributed by atoms with Crippen molar-refractivity contribution in [3.05, 3.63) is 24.3 Å². The van der Waals surface area contributed by atoms with E-state index in [0.29, 0.717) is 6.42 Å². The molecule has 22 heavy (non-hydrogen) atoms. The van der Waals surface area contributed by atoms with E-state index in [0.717, 1.165) is 10.6 Å². The molecule has 0 aliphatic carbocycles. The molecule has 2 N–H and O–H groups in total. The smallest absolute Gasteiger partial charge is 0.308 e. The molecule has 0 radical (unpaired) electrons. The van der Waals surface area contributed by atoms with Gasteiger partial charge in [-0.2, -0.15) is 0 Å². The third kappa shape index (κ3) is 6.85. The Morgan fingerprint density at radius 2 is 2.09 bits per heavy atom. The average Bonchev–Trinajstić information content (AvgIpc) is 2.49. The van der Waals surface area contributed by atoms with Gasteiger partial charge in [0.05, 0.1) is 18.8 Å². The number of amides is 1. The molecule has 1 aromatic rings. The molecule has 0 saturated carbocycles. The largest absolute Gasteiger partial charge is 0.497 e. The topological polar surface area (TPSA) is 75.6 Å². The Labute approximate surface area is 135 Å². The fraction of sp³-hybridized carbons (Fsp3) is 0.500. The number of thioether (sulfide) groups is 1. The summed E-state index contributed by atoms with van der Waals surface area (Å²) >= 11 is 1.39. The molecule has 1 atom stereocenters. The third-order valence-electron chi connectivity index (χ3n) is 3.06. The SMILES string of the molecule is COc1cccc(SCC(=O)NCC(CC(C)C)C(=O)O)c1. The average molecular weight is 325 g/mol. The summed E-state index contributed by atoms with van der Waals surface area (Å²) in [5.74, 6) is -0.290. The van der Waals surface area contributed by atoms with Gasteiger partial charge >= 0.3 is 5.97 Å². The third-order valence-corrected chi connectivity index (χ3v) is 4.06. The number of methoxy groups -OCH3 is 1. The van der Waals surface area contributed by atoms with Gasteiger partial charge in [0.1, 0.15) is 5.75 Å². The lowest BCUT2D eigenvalue weighted by molar-refractivity contribution is -0.142. The molecule has 0 spiro atoms. The maximum atomic E-state index is 11.8. The summed E-state index contributed by atoms with van der Waals surface area (Å²) < 4.78 is 5.12. The molecular formula is C16H23NO4S. The molecule has 0 aliphatic rings. The molecule has 1 rings (SSSR count). The number of hydrogen-bond donors (Lipinski definition) is 2. The Morgan fingerprint density at radius 3 is 2.68 bits per heavy atom. The molecule has 0 aliphatic heterocycles. The summed E-state index contributed by atoms with van der Waals surface area (Å²) in [6.45, 7) is 4.11. The molecule has 0 aromatic heterocycles. The van der Waals surface area contributed by atoms with Crippen molar-refractivity contribution in [2.75, 3.05) is 19.4 Å². The highest BCUT2D eigenvalue weighted by atomic mass is 32.2. The van der Waals surface area contributed by atoms with Gasteiger partial charge in [0.15, 0.2) is 0 Å². The standard InChI is InChI=1S/C16H23NO4S/c1-11(2)7-12(16(19)20)9-17-15(18)10-22-14-6-4-5-13(8-14)21-3/h4-6,8,11-12H,7,9-10H2,1-3H3,(H,17,18)(H,19,20). The Balaban J connectivity index is 2.40. The predicted molar refractivity (Wildman–Crippen MR) is 87.3 cm³/mol. The summed E-state index contributed by atoms with van der Waals surface area (Å²) in [5, 5.41) is 11.8. The van der Waals surface area contributed by atoms with Crippen LogP contribution in [0.3, 0.4) is 0 Å². The summed E-state index contributed by atoms with van der Waals surface area (Å²) in [6, 6.07) is 7.46.